The van der Waals surface area contributed by atoms with Gasteiger partial charge in [0.2, 0.25) is 0 Å². The largest absolute Gasteiger partial charge is 0.366 e. The molecule has 0 radical (unpaired) electrons. The summed E-state index contributed by atoms with van der Waals surface area (Å²) in [7, 11) is 0. The molecule has 2 heterocycles. The Balaban J connectivity index is 1.80. The molecule has 1 atom stereocenters. The molecule has 0 saturated heterocycles. The molecule has 0 bridgehead atoms. The second-order valence-corrected chi connectivity index (χ2v) is 5.58. The molecule has 0 fully saturated rings. The quantitative estimate of drug-likeness (QED) is 0.908. The van der Waals surface area contributed by atoms with E-state index in [9.17, 15) is 5.26 Å². The highest BCUT2D eigenvalue weighted by atomic mass is 15.2. The van der Waals surface area contributed by atoms with E-state index in [0.29, 0.717) is 17.9 Å². The third-order valence-electron chi connectivity index (χ3n) is 4.26. The maximum atomic E-state index is 9.35. The van der Waals surface area contributed by atoms with Crippen LogP contribution < -0.4 is 10.6 Å². The summed E-state index contributed by atoms with van der Waals surface area (Å²) >= 11 is 0. The van der Waals surface area contributed by atoms with Crippen LogP contribution in [0.1, 0.15) is 34.0 Å². The second kappa shape index (κ2) is 6.12. The average molecular weight is 293 g/mol. The van der Waals surface area contributed by atoms with Gasteiger partial charge in [0.1, 0.15) is 11.6 Å². The molecule has 0 saturated carbocycles. The summed E-state index contributed by atoms with van der Waals surface area (Å²) in [5.74, 6) is 0.565. The lowest BCUT2D eigenvalue weighted by Gasteiger charge is -2.27. The Hall–Kier alpha value is -2.45. The van der Waals surface area contributed by atoms with E-state index in [4.69, 9.17) is 0 Å². The number of rotatable bonds is 3. The molecular weight excluding hydrogens is 274 g/mol. The van der Waals surface area contributed by atoms with Crippen LogP contribution in [0.2, 0.25) is 0 Å². The molecule has 112 valence electrons. The number of fused-ring (bicyclic) bond motifs is 1. The van der Waals surface area contributed by atoms with Crippen molar-refractivity contribution in [2.45, 2.75) is 26.3 Å². The molecule has 1 aromatic carbocycles. The minimum absolute atomic E-state index is 0.222. The molecule has 0 aliphatic carbocycles. The van der Waals surface area contributed by atoms with Gasteiger partial charge < -0.3 is 10.6 Å². The maximum Gasteiger partial charge on any atom is 0.167 e. The SMILES string of the molecule is Cc1nnc(NCC2NCCc3ccccc32)c(C#N)c1C. The van der Waals surface area contributed by atoms with Crippen molar-refractivity contribution in [2.24, 2.45) is 0 Å². The smallest absolute Gasteiger partial charge is 0.167 e. The van der Waals surface area contributed by atoms with Crippen LogP contribution in [0.15, 0.2) is 24.3 Å². The molecule has 1 aromatic heterocycles. The van der Waals surface area contributed by atoms with E-state index in [1.165, 1.54) is 11.1 Å². The van der Waals surface area contributed by atoms with Crippen LogP contribution >= 0.6 is 0 Å². The van der Waals surface area contributed by atoms with E-state index in [1.54, 1.807) is 0 Å². The number of nitrogens with one attached hydrogen (secondary N) is 2. The lowest BCUT2D eigenvalue weighted by atomic mass is 9.94. The molecule has 2 aromatic rings. The van der Waals surface area contributed by atoms with Gasteiger partial charge in [-0.15, -0.1) is 5.10 Å². The molecule has 3 rings (SSSR count). The molecule has 5 nitrogen and oxygen atoms in total. The summed E-state index contributed by atoms with van der Waals surface area (Å²) in [4.78, 5) is 0. The van der Waals surface area contributed by atoms with Crippen LogP contribution in [-0.4, -0.2) is 23.3 Å². The minimum Gasteiger partial charge on any atom is -0.366 e. The van der Waals surface area contributed by atoms with Crippen molar-refractivity contribution in [3.63, 3.8) is 0 Å². The van der Waals surface area contributed by atoms with Gasteiger partial charge in [0, 0.05) is 12.6 Å². The lowest BCUT2D eigenvalue weighted by Crippen LogP contribution is -2.34. The van der Waals surface area contributed by atoms with Gasteiger partial charge in [-0.25, -0.2) is 0 Å². The zero-order valence-corrected chi connectivity index (χ0v) is 12.8. The molecule has 1 aliphatic rings. The molecule has 1 unspecified atom stereocenters. The third kappa shape index (κ3) is 2.66. The van der Waals surface area contributed by atoms with Crippen LogP contribution in [0.25, 0.3) is 0 Å². The van der Waals surface area contributed by atoms with E-state index < -0.39 is 0 Å². The van der Waals surface area contributed by atoms with Crippen molar-refractivity contribution in [3.8, 4) is 6.07 Å². The fourth-order valence-electron chi connectivity index (χ4n) is 2.84. The summed E-state index contributed by atoms with van der Waals surface area (Å²) in [5.41, 5.74) is 4.97. The number of nitrogens with zero attached hydrogens (tertiary/aromatic N) is 3. The highest BCUT2D eigenvalue weighted by Crippen LogP contribution is 2.24. The summed E-state index contributed by atoms with van der Waals surface area (Å²) in [6.07, 6.45) is 1.06. The van der Waals surface area contributed by atoms with E-state index >= 15 is 0 Å². The first-order chi connectivity index (χ1) is 10.7. The Bertz CT molecular complexity index is 732. The van der Waals surface area contributed by atoms with Crippen molar-refractivity contribution in [3.05, 3.63) is 52.2 Å². The van der Waals surface area contributed by atoms with Crippen LogP contribution in [0.4, 0.5) is 5.82 Å². The number of hydrogen-bond donors (Lipinski definition) is 2. The van der Waals surface area contributed by atoms with Crippen molar-refractivity contribution < 1.29 is 0 Å². The van der Waals surface area contributed by atoms with Gasteiger partial charge in [0.15, 0.2) is 5.82 Å². The van der Waals surface area contributed by atoms with E-state index in [-0.39, 0.29) is 6.04 Å². The fraction of sp³-hybridized carbons (Fsp3) is 0.353. The summed E-state index contributed by atoms with van der Waals surface area (Å²) in [6, 6.07) is 10.9. The standard InChI is InChI=1S/C17H19N5/c1-11-12(2)21-22-17(15(11)9-18)20-10-16-14-6-4-3-5-13(14)7-8-19-16/h3-6,16,19H,7-8,10H2,1-2H3,(H,20,22). The first-order valence-corrected chi connectivity index (χ1v) is 7.49. The van der Waals surface area contributed by atoms with E-state index in [1.807, 2.05) is 13.8 Å². The van der Waals surface area contributed by atoms with E-state index in [0.717, 1.165) is 24.2 Å². The van der Waals surface area contributed by atoms with Crippen molar-refractivity contribution >= 4 is 5.82 Å². The molecular formula is C17H19N5. The van der Waals surface area contributed by atoms with Crippen LogP contribution in [-0.2, 0) is 6.42 Å². The topological polar surface area (TPSA) is 73.6 Å². The van der Waals surface area contributed by atoms with Gasteiger partial charge in [0.05, 0.1) is 5.69 Å². The van der Waals surface area contributed by atoms with Gasteiger partial charge in [-0.1, -0.05) is 24.3 Å². The number of aromatic nitrogens is 2. The third-order valence-corrected chi connectivity index (χ3v) is 4.26. The monoisotopic (exact) mass is 293 g/mol. The van der Waals surface area contributed by atoms with Crippen molar-refractivity contribution in [1.82, 2.24) is 15.5 Å². The van der Waals surface area contributed by atoms with Crippen molar-refractivity contribution in [1.29, 1.82) is 5.26 Å². The van der Waals surface area contributed by atoms with E-state index in [2.05, 4.69) is 51.2 Å². The maximum absolute atomic E-state index is 9.35. The first kappa shape index (κ1) is 14.5. The summed E-state index contributed by atoms with van der Waals surface area (Å²) < 4.78 is 0. The van der Waals surface area contributed by atoms with Crippen LogP contribution in [0.3, 0.4) is 0 Å². The highest BCUT2D eigenvalue weighted by Gasteiger charge is 2.20. The van der Waals surface area contributed by atoms with Gasteiger partial charge in [-0.2, -0.15) is 10.4 Å². The fourth-order valence-corrected chi connectivity index (χ4v) is 2.84. The Morgan fingerprint density at radius 1 is 1.32 bits per heavy atom. The number of anilines is 1. The normalized spacial score (nSPS) is 16.7. The van der Waals surface area contributed by atoms with Crippen molar-refractivity contribution in [2.75, 3.05) is 18.4 Å². The van der Waals surface area contributed by atoms with Gasteiger partial charge in [-0.05, 0) is 43.5 Å². The Morgan fingerprint density at radius 2 is 2.14 bits per heavy atom. The highest BCUT2D eigenvalue weighted by molar-refractivity contribution is 5.56. The molecule has 1 aliphatic heterocycles. The lowest BCUT2D eigenvalue weighted by molar-refractivity contribution is 0.522. The second-order valence-electron chi connectivity index (χ2n) is 5.58. The number of nitriles is 1. The predicted molar refractivity (Wildman–Crippen MR) is 85.6 cm³/mol. The van der Waals surface area contributed by atoms with Crippen LogP contribution in [0, 0.1) is 25.2 Å². The molecule has 22 heavy (non-hydrogen) atoms. The number of benzene rings is 1. The minimum atomic E-state index is 0.222. The van der Waals surface area contributed by atoms with Gasteiger partial charge in [-0.3, -0.25) is 0 Å². The number of aryl methyl sites for hydroxylation is 1. The Morgan fingerprint density at radius 3 is 2.95 bits per heavy atom. The average Bonchev–Trinajstić information content (AvgIpc) is 2.56. The Labute approximate surface area is 130 Å². The zero-order chi connectivity index (χ0) is 15.5. The first-order valence-electron chi connectivity index (χ1n) is 7.49. The summed E-state index contributed by atoms with van der Waals surface area (Å²) in [5, 5.41) is 24.4. The van der Waals surface area contributed by atoms with Gasteiger partial charge >= 0.3 is 0 Å². The van der Waals surface area contributed by atoms with Crippen LogP contribution in [0.5, 0.6) is 0 Å². The van der Waals surface area contributed by atoms with Gasteiger partial charge in [0.25, 0.3) is 0 Å². The predicted octanol–water partition coefficient (Wildman–Crippen LogP) is 2.26. The Kier molecular flexibility index (Phi) is 4.03. The molecule has 0 spiro atoms. The molecule has 5 heteroatoms. The number of hydrogen-bond acceptors (Lipinski definition) is 5. The summed E-state index contributed by atoms with van der Waals surface area (Å²) in [6.45, 7) is 5.42. The molecule has 2 N–H and O–H groups in total. The zero-order valence-electron chi connectivity index (χ0n) is 12.8. The molecule has 0 amide bonds.